The largest absolute Gasteiger partial charge is 0.494 e. The van der Waals surface area contributed by atoms with Crippen molar-refractivity contribution in [3.8, 4) is 17.0 Å². The summed E-state index contributed by atoms with van der Waals surface area (Å²) in [4.78, 5) is 0. The van der Waals surface area contributed by atoms with Crippen LogP contribution in [0, 0.1) is 5.92 Å². The maximum Gasteiger partial charge on any atom is 0.119 e. The van der Waals surface area contributed by atoms with Crippen LogP contribution in [0.2, 0.25) is 0 Å². The Morgan fingerprint density at radius 1 is 1.05 bits per heavy atom. The Hall–Kier alpha value is -2.29. The Morgan fingerprint density at radius 3 is 2.59 bits per heavy atom. The standard InChI is InChI=1S/C19H22N2O/c1-4-22-18-8-7-15-11-17(6-5-16(15)12-18)19-9-10-21(20-19)13-14(2)3/h5-12,14H,4,13H2,1-3H3. The quantitative estimate of drug-likeness (QED) is 0.678. The maximum atomic E-state index is 5.55. The van der Waals surface area contributed by atoms with Crippen molar-refractivity contribution in [1.82, 2.24) is 9.78 Å². The molecule has 0 amide bonds. The Labute approximate surface area is 131 Å². The zero-order valence-electron chi connectivity index (χ0n) is 13.4. The van der Waals surface area contributed by atoms with Gasteiger partial charge in [-0.1, -0.05) is 32.0 Å². The average molecular weight is 294 g/mol. The van der Waals surface area contributed by atoms with Gasteiger partial charge in [-0.3, -0.25) is 4.68 Å². The summed E-state index contributed by atoms with van der Waals surface area (Å²) < 4.78 is 7.57. The fourth-order valence-electron chi connectivity index (χ4n) is 2.63. The summed E-state index contributed by atoms with van der Waals surface area (Å²) in [6, 6.07) is 14.7. The second-order valence-corrected chi connectivity index (χ2v) is 5.97. The van der Waals surface area contributed by atoms with E-state index in [0.717, 1.165) is 23.6 Å². The number of ether oxygens (including phenoxy) is 1. The summed E-state index contributed by atoms with van der Waals surface area (Å²) in [5.74, 6) is 1.52. The Balaban J connectivity index is 1.91. The number of hydrogen-bond donors (Lipinski definition) is 0. The van der Waals surface area contributed by atoms with Crippen molar-refractivity contribution >= 4 is 10.8 Å². The van der Waals surface area contributed by atoms with Crippen LogP contribution in [-0.2, 0) is 6.54 Å². The van der Waals surface area contributed by atoms with Crippen molar-refractivity contribution in [1.29, 1.82) is 0 Å². The van der Waals surface area contributed by atoms with Gasteiger partial charge in [0.1, 0.15) is 5.75 Å². The molecule has 0 N–H and O–H groups in total. The van der Waals surface area contributed by atoms with E-state index in [2.05, 4.69) is 61.5 Å². The number of fused-ring (bicyclic) bond motifs is 1. The van der Waals surface area contributed by atoms with Gasteiger partial charge >= 0.3 is 0 Å². The monoisotopic (exact) mass is 294 g/mol. The molecular formula is C19H22N2O. The highest BCUT2D eigenvalue weighted by molar-refractivity contribution is 5.87. The van der Waals surface area contributed by atoms with Crippen molar-refractivity contribution in [3.05, 3.63) is 48.7 Å². The molecule has 0 bridgehead atoms. The molecule has 0 aliphatic carbocycles. The normalized spacial score (nSPS) is 11.3. The molecule has 0 aliphatic rings. The average Bonchev–Trinajstić information content (AvgIpc) is 2.95. The van der Waals surface area contributed by atoms with Gasteiger partial charge in [0.15, 0.2) is 0 Å². The van der Waals surface area contributed by atoms with Gasteiger partial charge in [-0.25, -0.2) is 0 Å². The minimum Gasteiger partial charge on any atom is -0.494 e. The molecule has 2 aromatic carbocycles. The molecule has 1 heterocycles. The predicted octanol–water partition coefficient (Wildman–Crippen LogP) is 4.76. The third kappa shape index (κ3) is 3.14. The Kier molecular flexibility index (Phi) is 4.14. The molecule has 1 aromatic heterocycles. The van der Waals surface area contributed by atoms with Gasteiger partial charge in [0, 0.05) is 18.3 Å². The molecule has 114 valence electrons. The lowest BCUT2D eigenvalue weighted by Crippen LogP contribution is -2.04. The van der Waals surface area contributed by atoms with Crippen molar-refractivity contribution < 1.29 is 4.74 Å². The fourth-order valence-corrected chi connectivity index (χ4v) is 2.63. The highest BCUT2D eigenvalue weighted by Gasteiger charge is 2.05. The van der Waals surface area contributed by atoms with Crippen LogP contribution in [0.3, 0.4) is 0 Å². The number of benzene rings is 2. The highest BCUT2D eigenvalue weighted by Crippen LogP contribution is 2.26. The van der Waals surface area contributed by atoms with Crippen molar-refractivity contribution in [2.45, 2.75) is 27.3 Å². The number of aromatic nitrogens is 2. The molecule has 0 spiro atoms. The first-order chi connectivity index (χ1) is 10.7. The summed E-state index contributed by atoms with van der Waals surface area (Å²) in [5.41, 5.74) is 2.18. The van der Waals surface area contributed by atoms with Gasteiger partial charge in [-0.15, -0.1) is 0 Å². The first-order valence-corrected chi connectivity index (χ1v) is 7.86. The smallest absolute Gasteiger partial charge is 0.119 e. The molecule has 0 fully saturated rings. The van der Waals surface area contributed by atoms with Gasteiger partial charge < -0.3 is 4.74 Å². The molecule has 3 nitrogen and oxygen atoms in total. The van der Waals surface area contributed by atoms with Crippen LogP contribution >= 0.6 is 0 Å². The number of nitrogens with zero attached hydrogens (tertiary/aromatic N) is 2. The molecule has 0 saturated carbocycles. The number of hydrogen-bond acceptors (Lipinski definition) is 2. The van der Waals surface area contributed by atoms with E-state index >= 15 is 0 Å². The van der Waals surface area contributed by atoms with Crippen molar-refractivity contribution in [2.75, 3.05) is 6.61 Å². The summed E-state index contributed by atoms with van der Waals surface area (Å²) in [6.45, 7) is 8.05. The van der Waals surface area contributed by atoms with E-state index in [0.29, 0.717) is 12.5 Å². The Bertz CT molecular complexity index is 774. The lowest BCUT2D eigenvalue weighted by Gasteiger charge is -2.06. The van der Waals surface area contributed by atoms with E-state index in [4.69, 9.17) is 4.74 Å². The SMILES string of the molecule is CCOc1ccc2cc(-c3ccn(CC(C)C)n3)ccc2c1. The molecule has 0 atom stereocenters. The molecule has 22 heavy (non-hydrogen) atoms. The molecular weight excluding hydrogens is 272 g/mol. The molecule has 3 rings (SSSR count). The topological polar surface area (TPSA) is 27.1 Å². The summed E-state index contributed by atoms with van der Waals surface area (Å²) >= 11 is 0. The van der Waals surface area contributed by atoms with E-state index in [-0.39, 0.29) is 0 Å². The van der Waals surface area contributed by atoms with Crippen LogP contribution in [0.15, 0.2) is 48.7 Å². The van der Waals surface area contributed by atoms with Gasteiger partial charge in [-0.2, -0.15) is 5.10 Å². The summed E-state index contributed by atoms with van der Waals surface area (Å²) in [6.07, 6.45) is 2.05. The third-order valence-electron chi connectivity index (χ3n) is 3.61. The van der Waals surface area contributed by atoms with Crippen molar-refractivity contribution in [3.63, 3.8) is 0 Å². The van der Waals surface area contributed by atoms with E-state index in [1.165, 1.54) is 10.8 Å². The minimum atomic E-state index is 0.598. The molecule has 3 aromatic rings. The zero-order valence-corrected chi connectivity index (χ0v) is 13.4. The lowest BCUT2D eigenvalue weighted by molar-refractivity contribution is 0.341. The molecule has 0 aliphatic heterocycles. The van der Waals surface area contributed by atoms with Crippen LogP contribution in [0.4, 0.5) is 0 Å². The second kappa shape index (κ2) is 6.22. The lowest BCUT2D eigenvalue weighted by atomic mass is 10.0. The summed E-state index contributed by atoms with van der Waals surface area (Å²) in [5, 5.41) is 7.07. The van der Waals surface area contributed by atoms with Crippen molar-refractivity contribution in [2.24, 2.45) is 5.92 Å². The highest BCUT2D eigenvalue weighted by atomic mass is 16.5. The van der Waals surface area contributed by atoms with E-state index in [1.807, 2.05) is 17.7 Å². The van der Waals surface area contributed by atoms with Crippen LogP contribution in [0.25, 0.3) is 22.0 Å². The first-order valence-electron chi connectivity index (χ1n) is 7.86. The van der Waals surface area contributed by atoms with Gasteiger partial charge in [0.2, 0.25) is 0 Å². The molecule has 3 heteroatoms. The minimum absolute atomic E-state index is 0.598. The van der Waals surface area contributed by atoms with E-state index < -0.39 is 0 Å². The van der Waals surface area contributed by atoms with Crippen LogP contribution < -0.4 is 4.74 Å². The second-order valence-electron chi connectivity index (χ2n) is 5.97. The van der Waals surface area contributed by atoms with Crippen LogP contribution in [0.1, 0.15) is 20.8 Å². The first kappa shape index (κ1) is 14.6. The maximum absolute atomic E-state index is 5.55. The fraction of sp³-hybridized carbons (Fsp3) is 0.316. The van der Waals surface area contributed by atoms with Gasteiger partial charge in [0.25, 0.3) is 0 Å². The third-order valence-corrected chi connectivity index (χ3v) is 3.61. The molecule has 0 unspecified atom stereocenters. The van der Waals surface area contributed by atoms with E-state index in [1.54, 1.807) is 0 Å². The van der Waals surface area contributed by atoms with Crippen LogP contribution in [0.5, 0.6) is 5.75 Å². The van der Waals surface area contributed by atoms with Gasteiger partial charge in [0.05, 0.1) is 12.3 Å². The van der Waals surface area contributed by atoms with Gasteiger partial charge in [-0.05, 0) is 47.9 Å². The Morgan fingerprint density at radius 2 is 1.82 bits per heavy atom. The predicted molar refractivity (Wildman–Crippen MR) is 91.2 cm³/mol. The zero-order chi connectivity index (χ0) is 15.5. The molecule has 0 radical (unpaired) electrons. The molecule has 0 saturated heterocycles. The number of rotatable bonds is 5. The van der Waals surface area contributed by atoms with E-state index in [9.17, 15) is 0 Å². The van der Waals surface area contributed by atoms with Crippen LogP contribution in [-0.4, -0.2) is 16.4 Å². The summed E-state index contributed by atoms with van der Waals surface area (Å²) in [7, 11) is 0.